The summed E-state index contributed by atoms with van der Waals surface area (Å²) < 4.78 is 0. The van der Waals surface area contributed by atoms with Crippen LogP contribution in [0.3, 0.4) is 0 Å². The van der Waals surface area contributed by atoms with Crippen LogP contribution in [0.25, 0.3) is 0 Å². The number of aromatic hydroxyl groups is 1. The van der Waals surface area contributed by atoms with Crippen molar-refractivity contribution in [1.82, 2.24) is 0 Å². The maximum atomic E-state index is 11.5. The lowest BCUT2D eigenvalue weighted by Gasteiger charge is -2.35. The van der Waals surface area contributed by atoms with E-state index in [-0.39, 0.29) is 16.6 Å². The lowest BCUT2D eigenvalue weighted by molar-refractivity contribution is 0.112. The van der Waals surface area contributed by atoms with Gasteiger partial charge in [0, 0.05) is 11.0 Å². The molecular formula is C22H28O2. The molecule has 0 bridgehead atoms. The molecule has 0 aliphatic rings. The van der Waals surface area contributed by atoms with Gasteiger partial charge in [0.25, 0.3) is 0 Å². The van der Waals surface area contributed by atoms with E-state index in [1.54, 1.807) is 0 Å². The highest BCUT2D eigenvalue weighted by Crippen LogP contribution is 2.45. The maximum Gasteiger partial charge on any atom is 0.153 e. The molecule has 0 heterocycles. The van der Waals surface area contributed by atoms with Gasteiger partial charge in [0.2, 0.25) is 0 Å². The van der Waals surface area contributed by atoms with Crippen LogP contribution in [0.15, 0.2) is 42.5 Å². The van der Waals surface area contributed by atoms with Crippen LogP contribution in [-0.4, -0.2) is 11.4 Å². The van der Waals surface area contributed by atoms with Crippen LogP contribution in [0.2, 0.25) is 0 Å². The second kappa shape index (κ2) is 6.80. The van der Waals surface area contributed by atoms with E-state index in [2.05, 4.69) is 52.8 Å². The van der Waals surface area contributed by atoms with Gasteiger partial charge in [0.15, 0.2) is 6.29 Å². The van der Waals surface area contributed by atoms with Crippen molar-refractivity contribution < 1.29 is 9.90 Å². The van der Waals surface area contributed by atoms with Crippen molar-refractivity contribution in [3.8, 4) is 5.75 Å². The first-order chi connectivity index (χ1) is 11.3. The van der Waals surface area contributed by atoms with E-state index in [0.29, 0.717) is 5.56 Å². The number of hydrogen-bond donors (Lipinski definition) is 1. The molecule has 1 N–H and O–H groups in total. The van der Waals surface area contributed by atoms with Crippen LogP contribution < -0.4 is 0 Å². The molecule has 0 aromatic heterocycles. The molecule has 0 aliphatic heterocycles. The summed E-state index contributed by atoms with van der Waals surface area (Å²) in [4.78, 5) is 11.5. The number of rotatable bonds is 5. The molecule has 2 aromatic carbocycles. The summed E-state index contributed by atoms with van der Waals surface area (Å²) in [6.45, 7) is 10.7. The Labute approximate surface area is 145 Å². The van der Waals surface area contributed by atoms with Gasteiger partial charge in [0.05, 0.1) is 5.56 Å². The highest BCUT2D eigenvalue weighted by Gasteiger charge is 2.35. The fourth-order valence-corrected chi connectivity index (χ4v) is 3.50. The predicted octanol–water partition coefficient (Wildman–Crippen LogP) is 5.61. The standard InChI is InChI=1S/C22H28O2/c1-6-22(7-2,17-11-9-8-10-12-17)19-14-18(21(3,4)5)13-16(15-23)20(19)24/h8-15,24H,6-7H2,1-5H3. The summed E-state index contributed by atoms with van der Waals surface area (Å²) in [7, 11) is 0. The first-order valence-electron chi connectivity index (χ1n) is 8.68. The number of benzene rings is 2. The minimum Gasteiger partial charge on any atom is -0.507 e. The van der Waals surface area contributed by atoms with Crippen molar-refractivity contribution in [3.05, 3.63) is 64.7 Å². The average Bonchev–Trinajstić information content (AvgIpc) is 2.57. The summed E-state index contributed by atoms with van der Waals surface area (Å²) in [5, 5.41) is 10.8. The third-order valence-corrected chi connectivity index (χ3v) is 5.18. The summed E-state index contributed by atoms with van der Waals surface area (Å²) in [5.74, 6) is 0.116. The van der Waals surface area contributed by atoms with Crippen molar-refractivity contribution >= 4 is 6.29 Å². The number of phenolic OH excluding ortho intramolecular Hbond substituents is 1. The molecule has 2 heteroatoms. The number of phenols is 1. The lowest BCUT2D eigenvalue weighted by Crippen LogP contribution is -2.27. The number of carbonyl (C=O) groups is 1. The second-order valence-electron chi connectivity index (χ2n) is 7.48. The molecule has 0 fully saturated rings. The van der Waals surface area contributed by atoms with E-state index in [1.165, 1.54) is 5.56 Å². The van der Waals surface area contributed by atoms with Gasteiger partial charge in [-0.25, -0.2) is 0 Å². The largest absolute Gasteiger partial charge is 0.507 e. The van der Waals surface area contributed by atoms with Crippen LogP contribution in [0.4, 0.5) is 0 Å². The average molecular weight is 324 g/mol. The Kier molecular flexibility index (Phi) is 5.17. The molecule has 0 saturated carbocycles. The van der Waals surface area contributed by atoms with Crippen LogP contribution in [0, 0.1) is 0 Å². The molecule has 128 valence electrons. The molecule has 0 saturated heterocycles. The Hall–Kier alpha value is -2.09. The highest BCUT2D eigenvalue weighted by atomic mass is 16.3. The quantitative estimate of drug-likeness (QED) is 0.726. The maximum absolute atomic E-state index is 11.5. The monoisotopic (exact) mass is 324 g/mol. The van der Waals surface area contributed by atoms with Crippen LogP contribution in [0.1, 0.15) is 74.5 Å². The van der Waals surface area contributed by atoms with Gasteiger partial charge in [0.1, 0.15) is 5.75 Å². The van der Waals surface area contributed by atoms with Crippen molar-refractivity contribution in [2.24, 2.45) is 0 Å². The van der Waals surface area contributed by atoms with Gasteiger partial charge >= 0.3 is 0 Å². The summed E-state index contributed by atoms with van der Waals surface area (Å²) in [5.41, 5.74) is 3.08. The van der Waals surface area contributed by atoms with Crippen LogP contribution >= 0.6 is 0 Å². The molecule has 24 heavy (non-hydrogen) atoms. The van der Waals surface area contributed by atoms with E-state index >= 15 is 0 Å². The van der Waals surface area contributed by atoms with Gasteiger partial charge in [-0.2, -0.15) is 0 Å². The number of aldehydes is 1. The van der Waals surface area contributed by atoms with Crippen molar-refractivity contribution in [1.29, 1.82) is 0 Å². The van der Waals surface area contributed by atoms with Crippen LogP contribution in [-0.2, 0) is 10.8 Å². The zero-order valence-electron chi connectivity index (χ0n) is 15.4. The molecule has 0 aliphatic carbocycles. The van der Waals surface area contributed by atoms with Crippen molar-refractivity contribution in [3.63, 3.8) is 0 Å². The highest BCUT2D eigenvalue weighted by molar-refractivity contribution is 5.81. The van der Waals surface area contributed by atoms with Gasteiger partial charge in [-0.3, -0.25) is 4.79 Å². The van der Waals surface area contributed by atoms with Gasteiger partial charge in [-0.1, -0.05) is 71.0 Å². The molecule has 0 amide bonds. The minimum atomic E-state index is -0.301. The summed E-state index contributed by atoms with van der Waals surface area (Å²) in [6.07, 6.45) is 2.47. The zero-order valence-corrected chi connectivity index (χ0v) is 15.4. The molecule has 2 nitrogen and oxygen atoms in total. The Morgan fingerprint density at radius 2 is 1.54 bits per heavy atom. The Bertz CT molecular complexity index is 705. The normalized spacial score (nSPS) is 12.2. The van der Waals surface area contributed by atoms with Gasteiger partial charge in [-0.05, 0) is 35.4 Å². The Morgan fingerprint density at radius 1 is 0.958 bits per heavy atom. The predicted molar refractivity (Wildman–Crippen MR) is 100.0 cm³/mol. The molecule has 0 radical (unpaired) electrons. The van der Waals surface area contributed by atoms with Gasteiger partial charge in [-0.15, -0.1) is 0 Å². The molecular weight excluding hydrogens is 296 g/mol. The molecule has 0 spiro atoms. The third kappa shape index (κ3) is 3.10. The Balaban J connectivity index is 2.82. The molecule has 2 aromatic rings. The Morgan fingerprint density at radius 3 is 2.00 bits per heavy atom. The first-order valence-corrected chi connectivity index (χ1v) is 8.68. The van der Waals surface area contributed by atoms with Crippen LogP contribution in [0.5, 0.6) is 5.75 Å². The third-order valence-electron chi connectivity index (χ3n) is 5.18. The first kappa shape index (κ1) is 18.3. The lowest BCUT2D eigenvalue weighted by atomic mass is 9.68. The van der Waals surface area contributed by atoms with Gasteiger partial charge < -0.3 is 5.11 Å². The smallest absolute Gasteiger partial charge is 0.153 e. The number of hydrogen-bond acceptors (Lipinski definition) is 2. The van der Waals surface area contributed by atoms with Crippen molar-refractivity contribution in [2.75, 3.05) is 0 Å². The summed E-state index contributed by atoms with van der Waals surface area (Å²) in [6, 6.07) is 14.2. The van der Waals surface area contributed by atoms with E-state index in [4.69, 9.17) is 0 Å². The number of carbonyl (C=O) groups excluding carboxylic acids is 1. The zero-order chi connectivity index (χ0) is 18.0. The SMILES string of the molecule is CCC(CC)(c1ccccc1)c1cc(C(C)(C)C)cc(C=O)c1O. The second-order valence-corrected chi connectivity index (χ2v) is 7.48. The summed E-state index contributed by atoms with van der Waals surface area (Å²) >= 11 is 0. The van der Waals surface area contributed by atoms with E-state index < -0.39 is 0 Å². The van der Waals surface area contributed by atoms with E-state index in [9.17, 15) is 9.90 Å². The fraction of sp³-hybridized carbons (Fsp3) is 0.409. The molecule has 2 rings (SSSR count). The van der Waals surface area contributed by atoms with Crippen molar-refractivity contribution in [2.45, 2.75) is 58.3 Å². The fourth-order valence-electron chi connectivity index (χ4n) is 3.50. The topological polar surface area (TPSA) is 37.3 Å². The van der Waals surface area contributed by atoms with E-state index in [1.807, 2.05) is 24.3 Å². The minimum absolute atomic E-state index is 0.0931. The molecule has 0 unspecified atom stereocenters. The van der Waals surface area contributed by atoms with E-state index in [0.717, 1.165) is 30.3 Å². The molecule has 0 atom stereocenters.